The second kappa shape index (κ2) is 12.7. The first-order chi connectivity index (χ1) is 16.8. The highest BCUT2D eigenvalue weighted by Crippen LogP contribution is 2.17. The standard InChI is InChI=1S/C26H35N7O2/c1-31(2)23-9-5-20(6-10-23)17-27-29-25(34)19-33-15-13-22(14-16-33)26(35)30-28-18-21-7-11-24(12-8-21)32(3)4/h5-12,17-18,22H,13-16,19H2,1-4H3,(H,29,34)(H,30,35)/b27-17+,28-18+. The van der Waals surface area contributed by atoms with Crippen molar-refractivity contribution in [2.75, 3.05) is 57.6 Å². The van der Waals surface area contributed by atoms with Gasteiger partial charge >= 0.3 is 0 Å². The molecular weight excluding hydrogens is 442 g/mol. The largest absolute Gasteiger partial charge is 0.378 e. The number of likely N-dealkylation sites (tertiary alicyclic amines) is 1. The number of nitrogens with one attached hydrogen (secondary N) is 2. The van der Waals surface area contributed by atoms with E-state index < -0.39 is 0 Å². The highest BCUT2D eigenvalue weighted by molar-refractivity contribution is 5.84. The van der Waals surface area contributed by atoms with Gasteiger partial charge in [-0.3, -0.25) is 14.5 Å². The van der Waals surface area contributed by atoms with E-state index in [0.29, 0.717) is 25.9 Å². The van der Waals surface area contributed by atoms with Gasteiger partial charge in [-0.05, 0) is 61.3 Å². The van der Waals surface area contributed by atoms with Crippen LogP contribution in [0.4, 0.5) is 11.4 Å². The highest BCUT2D eigenvalue weighted by atomic mass is 16.2. The molecule has 0 spiro atoms. The van der Waals surface area contributed by atoms with Crippen molar-refractivity contribution in [2.45, 2.75) is 12.8 Å². The van der Waals surface area contributed by atoms with Crippen molar-refractivity contribution >= 4 is 35.6 Å². The molecule has 1 heterocycles. The molecule has 0 aromatic heterocycles. The second-order valence-electron chi connectivity index (χ2n) is 9.05. The Bertz CT molecular complexity index is 1020. The number of carbonyl (C=O) groups excluding carboxylic acids is 2. The van der Waals surface area contributed by atoms with E-state index in [-0.39, 0.29) is 24.3 Å². The number of benzene rings is 2. The zero-order valence-electron chi connectivity index (χ0n) is 20.9. The summed E-state index contributed by atoms with van der Waals surface area (Å²) in [6, 6.07) is 15.8. The Labute approximate surface area is 207 Å². The summed E-state index contributed by atoms with van der Waals surface area (Å²) in [5.74, 6) is -0.357. The molecule has 1 aliphatic heterocycles. The number of carbonyl (C=O) groups is 2. The summed E-state index contributed by atoms with van der Waals surface area (Å²) in [5.41, 5.74) is 9.27. The fraction of sp³-hybridized carbons (Fsp3) is 0.385. The van der Waals surface area contributed by atoms with Gasteiger partial charge in [-0.2, -0.15) is 10.2 Å². The third-order valence-electron chi connectivity index (χ3n) is 5.94. The lowest BCUT2D eigenvalue weighted by Gasteiger charge is -2.30. The fourth-order valence-electron chi connectivity index (χ4n) is 3.75. The van der Waals surface area contributed by atoms with Gasteiger partial charge in [0.15, 0.2) is 0 Å². The Kier molecular flexibility index (Phi) is 9.37. The van der Waals surface area contributed by atoms with Crippen LogP contribution in [0, 0.1) is 5.92 Å². The minimum Gasteiger partial charge on any atom is -0.378 e. The molecule has 2 aromatic carbocycles. The highest BCUT2D eigenvalue weighted by Gasteiger charge is 2.25. The van der Waals surface area contributed by atoms with Crippen molar-refractivity contribution in [1.82, 2.24) is 15.8 Å². The van der Waals surface area contributed by atoms with Gasteiger partial charge in [-0.25, -0.2) is 10.9 Å². The molecule has 3 rings (SSSR count). The smallest absolute Gasteiger partial charge is 0.254 e. The summed E-state index contributed by atoms with van der Waals surface area (Å²) in [6.45, 7) is 1.61. The molecule has 2 amide bonds. The summed E-state index contributed by atoms with van der Waals surface area (Å²) in [6.07, 6.45) is 4.65. The predicted octanol–water partition coefficient (Wildman–Crippen LogP) is 2.13. The van der Waals surface area contributed by atoms with Gasteiger partial charge in [0, 0.05) is 45.5 Å². The van der Waals surface area contributed by atoms with E-state index in [2.05, 4.69) is 21.1 Å². The first kappa shape index (κ1) is 25.9. The Morgan fingerprint density at radius 2 is 1.29 bits per heavy atom. The van der Waals surface area contributed by atoms with Crippen LogP contribution in [0.25, 0.3) is 0 Å². The summed E-state index contributed by atoms with van der Waals surface area (Å²) in [7, 11) is 7.95. The van der Waals surface area contributed by atoms with Gasteiger partial charge in [-0.1, -0.05) is 24.3 Å². The molecule has 0 radical (unpaired) electrons. The van der Waals surface area contributed by atoms with E-state index in [4.69, 9.17) is 0 Å². The SMILES string of the molecule is CN(C)c1ccc(/C=N/NC(=O)CN2CCC(C(=O)N/N=C/c3ccc(N(C)C)cc3)CC2)cc1. The minimum atomic E-state index is -0.168. The Morgan fingerprint density at radius 1 is 0.829 bits per heavy atom. The molecule has 0 bridgehead atoms. The number of anilines is 2. The van der Waals surface area contributed by atoms with Crippen LogP contribution in [0.15, 0.2) is 58.7 Å². The van der Waals surface area contributed by atoms with Crippen molar-refractivity contribution in [2.24, 2.45) is 16.1 Å². The average molecular weight is 478 g/mol. The predicted molar refractivity (Wildman–Crippen MR) is 142 cm³/mol. The molecule has 0 saturated carbocycles. The van der Waals surface area contributed by atoms with Crippen molar-refractivity contribution < 1.29 is 9.59 Å². The zero-order valence-corrected chi connectivity index (χ0v) is 20.9. The van der Waals surface area contributed by atoms with Gasteiger partial charge in [0.2, 0.25) is 5.91 Å². The van der Waals surface area contributed by atoms with Crippen LogP contribution >= 0.6 is 0 Å². The second-order valence-corrected chi connectivity index (χ2v) is 9.05. The number of amides is 2. The van der Waals surface area contributed by atoms with Gasteiger partial charge in [0.1, 0.15) is 0 Å². The maximum Gasteiger partial charge on any atom is 0.254 e. The van der Waals surface area contributed by atoms with Gasteiger partial charge in [0.25, 0.3) is 5.91 Å². The number of rotatable bonds is 9. The number of nitrogens with zero attached hydrogens (tertiary/aromatic N) is 5. The van der Waals surface area contributed by atoms with E-state index >= 15 is 0 Å². The van der Waals surface area contributed by atoms with Crippen LogP contribution in [-0.2, 0) is 9.59 Å². The molecule has 2 aromatic rings. The van der Waals surface area contributed by atoms with Gasteiger partial charge in [0.05, 0.1) is 19.0 Å². The maximum atomic E-state index is 12.4. The summed E-state index contributed by atoms with van der Waals surface area (Å²) in [5, 5.41) is 8.15. The first-order valence-electron chi connectivity index (χ1n) is 11.7. The quantitative estimate of drug-likeness (QED) is 0.426. The number of piperidine rings is 1. The van der Waals surface area contributed by atoms with E-state index in [0.717, 1.165) is 22.5 Å². The third-order valence-corrected chi connectivity index (χ3v) is 5.94. The topological polar surface area (TPSA) is 92.6 Å². The molecule has 9 heteroatoms. The lowest BCUT2D eigenvalue weighted by atomic mass is 9.96. The molecule has 0 unspecified atom stereocenters. The third kappa shape index (κ3) is 8.22. The molecular formula is C26H35N7O2. The van der Waals surface area contributed by atoms with E-state index in [1.807, 2.05) is 91.4 Å². The number of hydrazone groups is 2. The lowest BCUT2D eigenvalue weighted by molar-refractivity contribution is -0.126. The van der Waals surface area contributed by atoms with Crippen LogP contribution in [0.1, 0.15) is 24.0 Å². The van der Waals surface area contributed by atoms with Crippen molar-refractivity contribution in [3.05, 3.63) is 59.7 Å². The van der Waals surface area contributed by atoms with Crippen LogP contribution < -0.4 is 20.7 Å². The molecule has 9 nitrogen and oxygen atoms in total. The molecule has 0 aliphatic carbocycles. The number of hydrogen-bond donors (Lipinski definition) is 2. The summed E-state index contributed by atoms with van der Waals surface area (Å²) in [4.78, 5) is 30.7. The fourth-order valence-corrected chi connectivity index (χ4v) is 3.75. The van der Waals surface area contributed by atoms with E-state index in [1.165, 1.54) is 0 Å². The van der Waals surface area contributed by atoms with Gasteiger partial charge in [-0.15, -0.1) is 0 Å². The average Bonchev–Trinajstić information content (AvgIpc) is 2.85. The summed E-state index contributed by atoms with van der Waals surface area (Å²) < 4.78 is 0. The molecule has 186 valence electrons. The Morgan fingerprint density at radius 3 is 1.74 bits per heavy atom. The van der Waals surface area contributed by atoms with Crippen LogP contribution in [0.3, 0.4) is 0 Å². The molecule has 0 atom stereocenters. The van der Waals surface area contributed by atoms with E-state index in [9.17, 15) is 9.59 Å². The molecule has 1 aliphatic rings. The van der Waals surface area contributed by atoms with Crippen molar-refractivity contribution in [3.63, 3.8) is 0 Å². The molecule has 35 heavy (non-hydrogen) atoms. The van der Waals surface area contributed by atoms with Crippen LogP contribution in [0.5, 0.6) is 0 Å². The maximum absolute atomic E-state index is 12.4. The zero-order chi connectivity index (χ0) is 25.2. The van der Waals surface area contributed by atoms with Crippen LogP contribution in [0.2, 0.25) is 0 Å². The number of hydrogen-bond acceptors (Lipinski definition) is 7. The van der Waals surface area contributed by atoms with E-state index in [1.54, 1.807) is 12.4 Å². The Hall–Kier alpha value is -3.72. The Balaban J connectivity index is 1.35. The van der Waals surface area contributed by atoms with Crippen molar-refractivity contribution in [1.29, 1.82) is 0 Å². The normalized spacial score (nSPS) is 14.9. The summed E-state index contributed by atoms with van der Waals surface area (Å²) >= 11 is 0. The minimum absolute atomic E-state index is 0.0832. The molecule has 2 N–H and O–H groups in total. The first-order valence-corrected chi connectivity index (χ1v) is 11.7. The monoisotopic (exact) mass is 477 g/mol. The molecule has 1 fully saturated rings. The van der Waals surface area contributed by atoms with Crippen molar-refractivity contribution in [3.8, 4) is 0 Å². The van der Waals surface area contributed by atoms with Gasteiger partial charge < -0.3 is 9.80 Å². The lowest BCUT2D eigenvalue weighted by Crippen LogP contribution is -2.43. The van der Waals surface area contributed by atoms with Crippen LogP contribution in [-0.4, -0.2) is 77.0 Å². The molecule has 1 saturated heterocycles.